The van der Waals surface area contributed by atoms with Crippen LogP contribution >= 0.6 is 11.3 Å². The number of rotatable bonds is 7. The third kappa shape index (κ3) is 4.23. The summed E-state index contributed by atoms with van der Waals surface area (Å²) in [6.07, 6.45) is 4.23. The van der Waals surface area contributed by atoms with Gasteiger partial charge in [-0.3, -0.25) is 4.79 Å². The van der Waals surface area contributed by atoms with Crippen LogP contribution in [0.25, 0.3) is 22.0 Å². The molecule has 0 fully saturated rings. The zero-order chi connectivity index (χ0) is 19.3. The van der Waals surface area contributed by atoms with Crippen molar-refractivity contribution >= 4 is 17.2 Å². The Morgan fingerprint density at radius 1 is 1.18 bits per heavy atom. The van der Waals surface area contributed by atoms with E-state index in [0.29, 0.717) is 6.42 Å². The number of nitrogens with one attached hydrogen (secondary N) is 1. The topological polar surface area (TPSA) is 60.1 Å². The molecule has 0 aliphatic heterocycles. The highest BCUT2D eigenvalue weighted by Gasteiger charge is 2.14. The van der Waals surface area contributed by atoms with Gasteiger partial charge in [0.15, 0.2) is 0 Å². The quantitative estimate of drug-likeness (QED) is 0.500. The van der Waals surface area contributed by atoms with Crippen molar-refractivity contribution < 1.29 is 9.21 Å². The average Bonchev–Trinajstić information content (AvgIpc) is 3.43. The van der Waals surface area contributed by atoms with Crippen LogP contribution in [0.15, 0.2) is 76.9 Å². The van der Waals surface area contributed by atoms with Gasteiger partial charge in [-0.25, -0.2) is 4.98 Å². The van der Waals surface area contributed by atoms with E-state index in [1.165, 1.54) is 0 Å². The van der Waals surface area contributed by atoms with Gasteiger partial charge in [0.1, 0.15) is 17.3 Å². The van der Waals surface area contributed by atoms with Crippen LogP contribution in [0, 0.1) is 0 Å². The maximum absolute atomic E-state index is 12.5. The van der Waals surface area contributed by atoms with Gasteiger partial charge in [-0.2, -0.15) is 0 Å². The summed E-state index contributed by atoms with van der Waals surface area (Å²) in [7, 11) is 0. The Balaban J connectivity index is 1.43. The van der Waals surface area contributed by atoms with Crippen molar-refractivity contribution in [3.63, 3.8) is 0 Å². The molecule has 0 saturated carbocycles. The molecule has 0 spiro atoms. The van der Waals surface area contributed by atoms with Gasteiger partial charge in [0, 0.05) is 29.6 Å². The molecule has 5 nitrogen and oxygen atoms in total. The van der Waals surface area contributed by atoms with Crippen molar-refractivity contribution in [1.82, 2.24) is 14.9 Å². The van der Waals surface area contributed by atoms with Crippen LogP contribution in [0.5, 0.6) is 0 Å². The van der Waals surface area contributed by atoms with E-state index in [1.54, 1.807) is 17.6 Å². The molecule has 0 aliphatic rings. The summed E-state index contributed by atoms with van der Waals surface area (Å²) in [4.78, 5) is 17.2. The summed E-state index contributed by atoms with van der Waals surface area (Å²) < 4.78 is 7.28. The van der Waals surface area contributed by atoms with E-state index >= 15 is 0 Å². The van der Waals surface area contributed by atoms with Gasteiger partial charge in [-0.05, 0) is 31.2 Å². The van der Waals surface area contributed by atoms with Gasteiger partial charge >= 0.3 is 0 Å². The van der Waals surface area contributed by atoms with Crippen molar-refractivity contribution in [1.29, 1.82) is 0 Å². The Morgan fingerprint density at radius 3 is 2.82 bits per heavy atom. The summed E-state index contributed by atoms with van der Waals surface area (Å²) in [5.74, 6) is 0.835. The fourth-order valence-electron chi connectivity index (χ4n) is 3.14. The van der Waals surface area contributed by atoms with E-state index in [-0.39, 0.29) is 18.5 Å². The summed E-state index contributed by atoms with van der Waals surface area (Å²) in [6, 6.07) is 17.8. The Bertz CT molecular complexity index is 1030. The molecule has 3 heterocycles. The zero-order valence-corrected chi connectivity index (χ0v) is 16.4. The molecule has 6 heteroatoms. The molecule has 1 atom stereocenters. The van der Waals surface area contributed by atoms with E-state index in [9.17, 15) is 4.79 Å². The monoisotopic (exact) mass is 391 g/mol. The third-order valence-electron chi connectivity index (χ3n) is 4.43. The van der Waals surface area contributed by atoms with E-state index in [0.717, 1.165) is 27.7 Å². The molecule has 0 radical (unpaired) electrons. The number of benzene rings is 1. The lowest BCUT2D eigenvalue weighted by molar-refractivity contribution is -0.122. The number of furan rings is 1. The molecule has 1 unspecified atom stereocenters. The third-order valence-corrected chi connectivity index (χ3v) is 5.30. The molecular formula is C22H21N3O2S. The lowest BCUT2D eigenvalue weighted by atomic mass is 10.2. The Kier molecular flexibility index (Phi) is 5.39. The lowest BCUT2D eigenvalue weighted by Crippen LogP contribution is -2.36. The van der Waals surface area contributed by atoms with Crippen molar-refractivity contribution in [2.24, 2.45) is 0 Å². The van der Waals surface area contributed by atoms with Crippen LogP contribution in [-0.4, -0.2) is 21.5 Å². The Labute approximate surface area is 167 Å². The highest BCUT2D eigenvalue weighted by atomic mass is 32.1. The van der Waals surface area contributed by atoms with Gasteiger partial charge < -0.3 is 14.3 Å². The summed E-state index contributed by atoms with van der Waals surface area (Å²) >= 11 is 1.58. The van der Waals surface area contributed by atoms with Crippen LogP contribution in [0.2, 0.25) is 0 Å². The molecule has 3 aromatic heterocycles. The van der Waals surface area contributed by atoms with Gasteiger partial charge in [0.05, 0.1) is 17.7 Å². The SMILES string of the molecule is CC(Cc1ccco1)NC(=O)Cn1cccc1-c1nc(-c2ccccc2)cs1. The lowest BCUT2D eigenvalue weighted by Gasteiger charge is -2.14. The second-order valence-corrected chi connectivity index (χ2v) is 7.54. The minimum absolute atomic E-state index is 0.00204. The molecule has 1 amide bonds. The molecule has 1 aromatic carbocycles. The van der Waals surface area contributed by atoms with Gasteiger partial charge in [0.25, 0.3) is 0 Å². The summed E-state index contributed by atoms with van der Waals surface area (Å²) in [6.45, 7) is 2.23. The summed E-state index contributed by atoms with van der Waals surface area (Å²) in [5.41, 5.74) is 2.98. The number of thiazole rings is 1. The minimum Gasteiger partial charge on any atom is -0.469 e. The number of nitrogens with zero attached hydrogens (tertiary/aromatic N) is 2. The number of hydrogen-bond acceptors (Lipinski definition) is 4. The second-order valence-electron chi connectivity index (χ2n) is 6.68. The number of carbonyl (C=O) groups is 1. The van der Waals surface area contributed by atoms with Gasteiger partial charge in [0.2, 0.25) is 5.91 Å². The predicted molar refractivity (Wildman–Crippen MR) is 111 cm³/mol. The first-order valence-electron chi connectivity index (χ1n) is 9.17. The van der Waals surface area contributed by atoms with E-state index in [4.69, 9.17) is 9.40 Å². The molecular weight excluding hydrogens is 370 g/mol. The number of aromatic nitrogens is 2. The maximum Gasteiger partial charge on any atom is 0.240 e. The molecule has 4 rings (SSSR count). The number of hydrogen-bond donors (Lipinski definition) is 1. The fraction of sp³-hybridized carbons (Fsp3) is 0.182. The Hall–Kier alpha value is -3.12. The smallest absolute Gasteiger partial charge is 0.240 e. The largest absolute Gasteiger partial charge is 0.469 e. The van der Waals surface area contributed by atoms with Crippen molar-refractivity contribution in [2.45, 2.75) is 25.9 Å². The van der Waals surface area contributed by atoms with E-state index in [2.05, 4.69) is 5.32 Å². The maximum atomic E-state index is 12.5. The molecule has 142 valence electrons. The normalized spacial score (nSPS) is 12.0. The van der Waals surface area contributed by atoms with Gasteiger partial charge in [-0.1, -0.05) is 30.3 Å². The molecule has 0 aliphatic carbocycles. The highest BCUT2D eigenvalue weighted by Crippen LogP contribution is 2.29. The zero-order valence-electron chi connectivity index (χ0n) is 15.5. The average molecular weight is 391 g/mol. The highest BCUT2D eigenvalue weighted by molar-refractivity contribution is 7.13. The fourth-order valence-corrected chi connectivity index (χ4v) is 4.00. The minimum atomic E-state index is -0.0312. The van der Waals surface area contributed by atoms with E-state index < -0.39 is 0 Å². The van der Waals surface area contributed by atoms with Crippen LogP contribution < -0.4 is 5.32 Å². The molecule has 0 saturated heterocycles. The van der Waals surface area contributed by atoms with E-state index in [1.807, 2.05) is 77.7 Å². The molecule has 28 heavy (non-hydrogen) atoms. The standard InChI is InChI=1S/C22H21N3O2S/c1-16(13-18-9-6-12-27-18)23-21(26)14-25-11-5-10-20(25)22-24-19(15-28-22)17-7-3-2-4-8-17/h2-12,15-16H,13-14H2,1H3,(H,23,26). The first-order valence-corrected chi connectivity index (χ1v) is 10.1. The number of amides is 1. The van der Waals surface area contributed by atoms with Crippen molar-refractivity contribution in [2.75, 3.05) is 0 Å². The first-order chi connectivity index (χ1) is 13.7. The molecule has 0 bridgehead atoms. The van der Waals surface area contributed by atoms with Crippen LogP contribution in [0.1, 0.15) is 12.7 Å². The van der Waals surface area contributed by atoms with Gasteiger partial charge in [-0.15, -0.1) is 11.3 Å². The van der Waals surface area contributed by atoms with Crippen LogP contribution in [0.4, 0.5) is 0 Å². The van der Waals surface area contributed by atoms with Crippen molar-refractivity contribution in [3.8, 4) is 22.0 Å². The second kappa shape index (κ2) is 8.27. The molecule has 1 N–H and O–H groups in total. The predicted octanol–water partition coefficient (Wildman–Crippen LogP) is 4.62. The molecule has 4 aromatic rings. The Morgan fingerprint density at radius 2 is 2.04 bits per heavy atom. The summed E-state index contributed by atoms with van der Waals surface area (Å²) in [5, 5.41) is 5.98. The number of carbonyl (C=O) groups excluding carboxylic acids is 1. The van der Waals surface area contributed by atoms with Crippen LogP contribution in [-0.2, 0) is 17.8 Å². The first kappa shape index (κ1) is 18.3. The van der Waals surface area contributed by atoms with Crippen LogP contribution in [0.3, 0.4) is 0 Å². The van der Waals surface area contributed by atoms with Crippen molar-refractivity contribution in [3.05, 3.63) is 78.2 Å².